The lowest BCUT2D eigenvalue weighted by Gasteiger charge is -2.37. The van der Waals surface area contributed by atoms with Crippen LogP contribution in [0.4, 0.5) is 0 Å². The zero-order valence-corrected chi connectivity index (χ0v) is 26.9. The first-order chi connectivity index (χ1) is 21.1. The van der Waals surface area contributed by atoms with Gasteiger partial charge in [0.05, 0.1) is 24.7 Å². The van der Waals surface area contributed by atoms with Crippen LogP contribution in [0.15, 0.2) is 83.9 Å². The first kappa shape index (κ1) is 31.5. The maximum absolute atomic E-state index is 14.0. The normalized spacial score (nSPS) is 15.0. The van der Waals surface area contributed by atoms with Gasteiger partial charge in [0.15, 0.2) is 0 Å². The molecule has 9 heteroatoms. The molecule has 3 aromatic carbocycles. The molecule has 0 radical (unpaired) electrons. The summed E-state index contributed by atoms with van der Waals surface area (Å²) in [5.41, 5.74) is 6.60. The largest absolute Gasteiger partial charge is 0.497 e. The van der Waals surface area contributed by atoms with Gasteiger partial charge in [-0.25, -0.2) is 8.42 Å². The van der Waals surface area contributed by atoms with E-state index in [0.717, 1.165) is 16.8 Å². The molecule has 0 fully saturated rings. The van der Waals surface area contributed by atoms with Crippen LogP contribution in [0.5, 0.6) is 5.75 Å². The number of fused-ring (bicyclic) bond motifs is 1. The van der Waals surface area contributed by atoms with Crippen LogP contribution in [0, 0.1) is 27.7 Å². The zero-order chi connectivity index (χ0) is 31.4. The van der Waals surface area contributed by atoms with E-state index >= 15 is 0 Å². The van der Waals surface area contributed by atoms with Crippen molar-refractivity contribution in [1.82, 2.24) is 13.8 Å². The molecule has 44 heavy (non-hydrogen) atoms. The van der Waals surface area contributed by atoms with E-state index in [2.05, 4.69) is 48.9 Å². The second kappa shape index (κ2) is 13.4. The number of aryl methyl sites for hydroxylation is 4. The molecule has 1 unspecified atom stereocenters. The van der Waals surface area contributed by atoms with Crippen LogP contribution < -0.4 is 4.74 Å². The van der Waals surface area contributed by atoms with Gasteiger partial charge in [-0.3, -0.25) is 4.79 Å². The summed E-state index contributed by atoms with van der Waals surface area (Å²) in [6.45, 7) is 9.20. The molecule has 1 aromatic heterocycles. The average molecular weight is 616 g/mol. The van der Waals surface area contributed by atoms with Gasteiger partial charge in [0.25, 0.3) is 0 Å². The minimum absolute atomic E-state index is 0.0740. The molecule has 4 aromatic rings. The van der Waals surface area contributed by atoms with Crippen LogP contribution in [0.1, 0.15) is 45.1 Å². The molecular weight excluding hydrogens is 574 g/mol. The van der Waals surface area contributed by atoms with Crippen molar-refractivity contribution in [2.24, 2.45) is 0 Å². The summed E-state index contributed by atoms with van der Waals surface area (Å²) in [5, 5.41) is 0. The highest BCUT2D eigenvalue weighted by molar-refractivity contribution is 7.89. The zero-order valence-electron chi connectivity index (χ0n) is 26.1. The quantitative estimate of drug-likeness (QED) is 0.206. The minimum Gasteiger partial charge on any atom is -0.497 e. The molecule has 0 saturated heterocycles. The Morgan fingerprint density at radius 3 is 2.30 bits per heavy atom. The van der Waals surface area contributed by atoms with Crippen LogP contribution in [-0.2, 0) is 32.6 Å². The second-order valence-electron chi connectivity index (χ2n) is 11.4. The molecule has 0 N–H and O–H groups in total. The Balaban J connectivity index is 1.32. The summed E-state index contributed by atoms with van der Waals surface area (Å²) in [6, 6.07) is 23.2. The standard InChI is InChI=1S/C35H41N3O5S/c1-25-13-14-30(20-26(25)2)34-32-12-9-15-36(32)16-17-38(34)33(39)24-43-19-18-37(23-29-10-7-6-8-11-29)44(40,41)35-27(3)21-31(42-5)22-28(35)4/h6-15,20-22,34H,16-19,23-24H2,1-5H3. The Labute approximate surface area is 260 Å². The number of amides is 1. The summed E-state index contributed by atoms with van der Waals surface area (Å²) in [5.74, 6) is 0.486. The first-order valence-corrected chi connectivity index (χ1v) is 16.3. The van der Waals surface area contributed by atoms with E-state index in [1.807, 2.05) is 41.3 Å². The summed E-state index contributed by atoms with van der Waals surface area (Å²) >= 11 is 0. The molecule has 0 spiro atoms. The number of rotatable bonds is 11. The Bertz CT molecular complexity index is 1710. The van der Waals surface area contributed by atoms with Crippen molar-refractivity contribution < 1.29 is 22.7 Å². The molecule has 5 rings (SSSR count). The number of methoxy groups -OCH3 is 1. The molecular formula is C35H41N3O5S. The van der Waals surface area contributed by atoms with Crippen molar-refractivity contribution in [3.8, 4) is 5.75 Å². The third-order valence-electron chi connectivity index (χ3n) is 8.39. The smallest absolute Gasteiger partial charge is 0.249 e. The summed E-state index contributed by atoms with van der Waals surface area (Å²) in [4.78, 5) is 15.8. The Morgan fingerprint density at radius 2 is 1.61 bits per heavy atom. The number of carbonyl (C=O) groups excluding carboxylic acids is 1. The van der Waals surface area contributed by atoms with Gasteiger partial charge >= 0.3 is 0 Å². The Morgan fingerprint density at radius 1 is 0.886 bits per heavy atom. The van der Waals surface area contributed by atoms with E-state index in [1.165, 1.54) is 15.4 Å². The molecule has 0 aliphatic carbocycles. The van der Waals surface area contributed by atoms with E-state index in [-0.39, 0.29) is 43.1 Å². The third-order valence-corrected chi connectivity index (χ3v) is 10.5. The molecule has 1 amide bonds. The first-order valence-electron chi connectivity index (χ1n) is 14.9. The van der Waals surface area contributed by atoms with Crippen LogP contribution >= 0.6 is 0 Å². The molecule has 2 heterocycles. The maximum Gasteiger partial charge on any atom is 0.249 e. The number of hydrogen-bond donors (Lipinski definition) is 0. The van der Waals surface area contributed by atoms with Crippen molar-refractivity contribution in [3.63, 3.8) is 0 Å². The van der Waals surface area contributed by atoms with Crippen molar-refractivity contribution in [1.29, 1.82) is 0 Å². The molecule has 0 bridgehead atoms. The highest BCUT2D eigenvalue weighted by Crippen LogP contribution is 2.34. The van der Waals surface area contributed by atoms with Crippen molar-refractivity contribution in [2.75, 3.05) is 33.4 Å². The van der Waals surface area contributed by atoms with Gasteiger partial charge in [-0.2, -0.15) is 4.31 Å². The fourth-order valence-electron chi connectivity index (χ4n) is 5.98. The summed E-state index contributed by atoms with van der Waals surface area (Å²) < 4.78 is 43.0. The van der Waals surface area contributed by atoms with Gasteiger partial charge in [-0.15, -0.1) is 0 Å². The lowest BCUT2D eigenvalue weighted by molar-refractivity contribution is -0.139. The Hall–Kier alpha value is -3.92. The number of nitrogens with zero attached hydrogens (tertiary/aromatic N) is 3. The van der Waals surface area contributed by atoms with Gasteiger partial charge in [-0.05, 0) is 85.3 Å². The molecule has 232 valence electrons. The van der Waals surface area contributed by atoms with Crippen LogP contribution in [0.2, 0.25) is 0 Å². The lowest BCUT2D eigenvalue weighted by atomic mass is 9.96. The SMILES string of the molecule is COc1cc(C)c(S(=O)(=O)N(CCOCC(=O)N2CCn3cccc3C2c2ccc(C)c(C)c2)Cc2ccccc2)c(C)c1. The van der Waals surface area contributed by atoms with Gasteiger partial charge in [0.1, 0.15) is 12.4 Å². The molecule has 0 saturated carbocycles. The predicted molar refractivity (Wildman–Crippen MR) is 171 cm³/mol. The minimum atomic E-state index is -3.89. The molecule has 1 atom stereocenters. The van der Waals surface area contributed by atoms with E-state index < -0.39 is 10.0 Å². The number of aromatic nitrogens is 1. The third kappa shape index (κ3) is 6.60. The van der Waals surface area contributed by atoms with Crippen LogP contribution in [0.3, 0.4) is 0 Å². The summed E-state index contributed by atoms with van der Waals surface area (Å²) in [7, 11) is -2.32. The second-order valence-corrected chi connectivity index (χ2v) is 13.3. The number of sulfonamides is 1. The highest BCUT2D eigenvalue weighted by atomic mass is 32.2. The number of carbonyl (C=O) groups is 1. The molecule has 1 aliphatic rings. The fraction of sp³-hybridized carbons (Fsp3) is 0.343. The van der Waals surface area contributed by atoms with E-state index in [4.69, 9.17) is 9.47 Å². The van der Waals surface area contributed by atoms with Crippen LogP contribution in [-0.4, -0.2) is 61.5 Å². The highest BCUT2D eigenvalue weighted by Gasteiger charge is 2.33. The van der Waals surface area contributed by atoms with E-state index in [0.29, 0.717) is 30.0 Å². The number of hydrogen-bond acceptors (Lipinski definition) is 5. The van der Waals surface area contributed by atoms with E-state index in [9.17, 15) is 13.2 Å². The van der Waals surface area contributed by atoms with Crippen LogP contribution in [0.25, 0.3) is 0 Å². The monoisotopic (exact) mass is 615 g/mol. The van der Waals surface area contributed by atoms with Gasteiger partial charge in [0, 0.05) is 38.1 Å². The topological polar surface area (TPSA) is 81.1 Å². The molecule has 1 aliphatic heterocycles. The Kier molecular flexibility index (Phi) is 9.58. The average Bonchev–Trinajstić information content (AvgIpc) is 3.48. The summed E-state index contributed by atoms with van der Waals surface area (Å²) in [6.07, 6.45) is 2.05. The predicted octanol–water partition coefficient (Wildman–Crippen LogP) is 5.57. The van der Waals surface area contributed by atoms with Crippen molar-refractivity contribution in [2.45, 2.75) is 51.7 Å². The van der Waals surface area contributed by atoms with Gasteiger partial charge < -0.3 is 18.9 Å². The fourth-order valence-corrected chi connectivity index (χ4v) is 7.81. The lowest BCUT2D eigenvalue weighted by Crippen LogP contribution is -2.44. The van der Waals surface area contributed by atoms with Crippen molar-refractivity contribution in [3.05, 3.63) is 118 Å². The maximum atomic E-state index is 14.0. The van der Waals surface area contributed by atoms with Crippen molar-refractivity contribution >= 4 is 15.9 Å². The number of benzene rings is 3. The van der Waals surface area contributed by atoms with Gasteiger partial charge in [0.2, 0.25) is 15.9 Å². The number of ether oxygens (including phenoxy) is 2. The van der Waals surface area contributed by atoms with E-state index in [1.54, 1.807) is 33.1 Å². The molecule has 8 nitrogen and oxygen atoms in total. The van der Waals surface area contributed by atoms with Gasteiger partial charge in [-0.1, -0.05) is 48.5 Å².